The Hall–Kier alpha value is -2.15. The van der Waals surface area contributed by atoms with Gasteiger partial charge in [-0.25, -0.2) is 9.18 Å². The molecule has 1 fully saturated rings. The number of carbonyl (C=O) groups is 2. The van der Waals surface area contributed by atoms with Crippen LogP contribution in [0, 0.1) is 24.6 Å². The van der Waals surface area contributed by atoms with Crippen molar-refractivity contribution < 1.29 is 28.6 Å². The van der Waals surface area contributed by atoms with Gasteiger partial charge in [0.25, 0.3) is 0 Å². The fourth-order valence-electron chi connectivity index (χ4n) is 3.72. The Morgan fingerprint density at radius 1 is 1.29 bits per heavy atom. The third-order valence-corrected chi connectivity index (χ3v) is 4.96. The summed E-state index contributed by atoms with van der Waals surface area (Å²) in [6, 6.07) is 4.72. The first-order valence-electron chi connectivity index (χ1n) is 9.59. The second-order valence-electron chi connectivity index (χ2n) is 8.17. The van der Waals surface area contributed by atoms with Crippen LogP contribution in [0.3, 0.4) is 0 Å². The van der Waals surface area contributed by atoms with Crippen LogP contribution in [-0.4, -0.2) is 54.0 Å². The molecular weight excluding hydrogens is 365 g/mol. The van der Waals surface area contributed by atoms with E-state index in [-0.39, 0.29) is 32.1 Å². The summed E-state index contributed by atoms with van der Waals surface area (Å²) in [4.78, 5) is 26.7. The zero-order valence-corrected chi connectivity index (χ0v) is 17.2. The average molecular weight is 395 g/mol. The number of rotatable bonds is 4. The molecule has 0 saturated carbocycles. The smallest absolute Gasteiger partial charge is 0.410 e. The Morgan fingerprint density at radius 2 is 1.96 bits per heavy atom. The van der Waals surface area contributed by atoms with Gasteiger partial charge in [-0.3, -0.25) is 4.79 Å². The van der Waals surface area contributed by atoms with Crippen molar-refractivity contribution >= 4 is 12.1 Å². The average Bonchev–Trinajstić information content (AvgIpc) is 2.61. The van der Waals surface area contributed by atoms with Crippen molar-refractivity contribution in [2.75, 3.05) is 26.3 Å². The van der Waals surface area contributed by atoms with Crippen LogP contribution < -0.4 is 0 Å². The number of piperidine rings is 1. The molecule has 1 amide bonds. The highest BCUT2D eigenvalue weighted by atomic mass is 19.1. The van der Waals surface area contributed by atoms with Gasteiger partial charge in [0.15, 0.2) is 0 Å². The molecule has 1 aromatic rings. The van der Waals surface area contributed by atoms with Crippen molar-refractivity contribution in [1.29, 1.82) is 0 Å². The second kappa shape index (κ2) is 8.90. The number of ether oxygens (including phenoxy) is 2. The first kappa shape index (κ1) is 22.1. The number of aliphatic hydroxyl groups is 1. The molecule has 1 aliphatic rings. The molecule has 0 unspecified atom stereocenters. The predicted molar refractivity (Wildman–Crippen MR) is 102 cm³/mol. The summed E-state index contributed by atoms with van der Waals surface area (Å²) in [5, 5.41) is 10.0. The summed E-state index contributed by atoms with van der Waals surface area (Å²) < 4.78 is 24.8. The number of aliphatic hydroxyl groups excluding tert-OH is 1. The fraction of sp³-hybridized carbons (Fsp3) is 0.619. The van der Waals surface area contributed by atoms with Gasteiger partial charge in [0, 0.05) is 31.5 Å². The minimum Gasteiger partial charge on any atom is -0.466 e. The van der Waals surface area contributed by atoms with Crippen molar-refractivity contribution in [3.05, 3.63) is 35.1 Å². The Labute approximate surface area is 165 Å². The molecule has 2 rings (SSSR count). The Morgan fingerprint density at radius 3 is 2.54 bits per heavy atom. The minimum atomic E-state index is -0.723. The summed E-state index contributed by atoms with van der Waals surface area (Å²) in [5.41, 5.74) is 0.410. The monoisotopic (exact) mass is 395 g/mol. The molecule has 0 bridgehead atoms. The van der Waals surface area contributed by atoms with Gasteiger partial charge in [-0.05, 0) is 51.8 Å². The van der Waals surface area contributed by atoms with Gasteiger partial charge in [-0.1, -0.05) is 12.1 Å². The third-order valence-electron chi connectivity index (χ3n) is 4.96. The maximum Gasteiger partial charge on any atom is 0.410 e. The molecule has 1 heterocycles. The zero-order valence-electron chi connectivity index (χ0n) is 17.2. The highest BCUT2D eigenvalue weighted by Gasteiger charge is 2.45. The normalized spacial score (nSPS) is 22.7. The van der Waals surface area contributed by atoms with Gasteiger partial charge in [-0.15, -0.1) is 0 Å². The van der Waals surface area contributed by atoms with Crippen molar-refractivity contribution in [3.63, 3.8) is 0 Å². The number of hydrogen-bond donors (Lipinski definition) is 1. The molecule has 1 N–H and O–H groups in total. The van der Waals surface area contributed by atoms with E-state index in [4.69, 9.17) is 9.47 Å². The van der Waals surface area contributed by atoms with Crippen LogP contribution in [0.5, 0.6) is 0 Å². The molecular formula is C21H30FNO5. The van der Waals surface area contributed by atoms with E-state index in [0.717, 1.165) is 0 Å². The summed E-state index contributed by atoms with van der Waals surface area (Å²) >= 11 is 0. The minimum absolute atomic E-state index is 0.0882. The fourth-order valence-corrected chi connectivity index (χ4v) is 3.72. The van der Waals surface area contributed by atoms with Gasteiger partial charge in [0.2, 0.25) is 0 Å². The number of hydrogen-bond acceptors (Lipinski definition) is 5. The van der Waals surface area contributed by atoms with Crippen LogP contribution in [-0.2, 0) is 14.3 Å². The summed E-state index contributed by atoms with van der Waals surface area (Å²) in [6.07, 6.45) is -0.547. The van der Waals surface area contributed by atoms with Crippen molar-refractivity contribution in [3.8, 4) is 0 Å². The molecule has 6 nitrogen and oxygen atoms in total. The van der Waals surface area contributed by atoms with Gasteiger partial charge >= 0.3 is 12.1 Å². The highest BCUT2D eigenvalue weighted by molar-refractivity contribution is 5.76. The molecule has 1 aliphatic heterocycles. The lowest BCUT2D eigenvalue weighted by Gasteiger charge is -2.43. The molecule has 0 radical (unpaired) electrons. The van der Waals surface area contributed by atoms with Crippen LogP contribution >= 0.6 is 0 Å². The van der Waals surface area contributed by atoms with E-state index in [0.29, 0.717) is 11.1 Å². The molecule has 1 aromatic carbocycles. The van der Waals surface area contributed by atoms with Crippen LogP contribution in [0.15, 0.2) is 18.2 Å². The van der Waals surface area contributed by atoms with Gasteiger partial charge in [0.05, 0.1) is 12.5 Å². The molecule has 0 spiro atoms. The van der Waals surface area contributed by atoms with Gasteiger partial charge in [-0.2, -0.15) is 0 Å². The summed E-state index contributed by atoms with van der Waals surface area (Å²) in [6.45, 7) is 8.89. The van der Waals surface area contributed by atoms with Crippen LogP contribution in [0.1, 0.15) is 44.7 Å². The topological polar surface area (TPSA) is 76.1 Å². The molecule has 0 aliphatic carbocycles. The van der Waals surface area contributed by atoms with E-state index in [9.17, 15) is 19.1 Å². The largest absolute Gasteiger partial charge is 0.466 e. The number of halogens is 1. The van der Waals surface area contributed by atoms with Crippen molar-refractivity contribution in [2.45, 2.75) is 46.1 Å². The standard InChI is InChI=1S/C21H30FNO5/c1-6-27-19(25)16-11-23(20(26)28-21(3,4)5)10-14(12-24)18(16)15-8-7-9-17(22)13(15)2/h7-9,14,16,18,24H,6,10-12H2,1-5H3/t14-,16-,18+/m0/s1. The maximum absolute atomic E-state index is 14.2. The molecule has 156 valence electrons. The Bertz CT molecular complexity index is 715. The zero-order chi connectivity index (χ0) is 21.1. The van der Waals surface area contributed by atoms with E-state index in [2.05, 4.69) is 0 Å². The molecule has 7 heteroatoms. The van der Waals surface area contributed by atoms with Crippen molar-refractivity contribution in [1.82, 2.24) is 4.90 Å². The quantitative estimate of drug-likeness (QED) is 0.792. The highest BCUT2D eigenvalue weighted by Crippen LogP contribution is 2.40. The number of benzene rings is 1. The number of esters is 1. The van der Waals surface area contributed by atoms with Crippen LogP contribution in [0.4, 0.5) is 9.18 Å². The van der Waals surface area contributed by atoms with Crippen LogP contribution in [0.2, 0.25) is 0 Å². The van der Waals surface area contributed by atoms with E-state index in [1.54, 1.807) is 46.8 Å². The lowest BCUT2D eigenvalue weighted by atomic mass is 9.72. The van der Waals surface area contributed by atoms with Gasteiger partial charge in [0.1, 0.15) is 11.4 Å². The first-order chi connectivity index (χ1) is 13.1. The van der Waals surface area contributed by atoms with Gasteiger partial charge < -0.3 is 19.5 Å². The molecule has 1 saturated heterocycles. The Balaban J connectivity index is 2.42. The van der Waals surface area contributed by atoms with Crippen molar-refractivity contribution in [2.24, 2.45) is 11.8 Å². The lowest BCUT2D eigenvalue weighted by Crippen LogP contribution is -2.52. The predicted octanol–water partition coefficient (Wildman–Crippen LogP) is 3.26. The van der Waals surface area contributed by atoms with Crippen LogP contribution in [0.25, 0.3) is 0 Å². The SMILES string of the molecule is CCOC(=O)[C@H]1CN(C(=O)OC(C)(C)C)C[C@@H](CO)[C@@H]1c1cccc(F)c1C. The third kappa shape index (κ3) is 5.01. The second-order valence-corrected chi connectivity index (χ2v) is 8.17. The van der Waals surface area contributed by atoms with E-state index in [1.807, 2.05) is 0 Å². The maximum atomic E-state index is 14.2. The number of likely N-dealkylation sites (tertiary alicyclic amines) is 1. The summed E-state index contributed by atoms with van der Waals surface area (Å²) in [7, 11) is 0. The number of nitrogens with zero attached hydrogens (tertiary/aromatic N) is 1. The number of carbonyl (C=O) groups excluding carboxylic acids is 2. The van der Waals surface area contributed by atoms with E-state index >= 15 is 0 Å². The first-order valence-corrected chi connectivity index (χ1v) is 9.59. The molecule has 28 heavy (non-hydrogen) atoms. The molecule has 0 aromatic heterocycles. The summed E-state index contributed by atoms with van der Waals surface area (Å²) in [5.74, 6) is -2.47. The molecule has 3 atom stereocenters. The van der Waals surface area contributed by atoms with E-state index < -0.39 is 35.4 Å². The van der Waals surface area contributed by atoms with E-state index in [1.165, 1.54) is 11.0 Å². The number of amides is 1. The Kier molecular flexibility index (Phi) is 7.04. The lowest BCUT2D eigenvalue weighted by molar-refractivity contribution is -0.152.